The van der Waals surface area contributed by atoms with E-state index < -0.39 is 0 Å². The highest BCUT2D eigenvalue weighted by Crippen LogP contribution is 2.07. The number of carbonyl (C=O) groups is 1. The summed E-state index contributed by atoms with van der Waals surface area (Å²) in [4.78, 5) is 17.7. The van der Waals surface area contributed by atoms with Gasteiger partial charge in [-0.2, -0.15) is 0 Å². The second-order valence-corrected chi connectivity index (χ2v) is 4.11. The summed E-state index contributed by atoms with van der Waals surface area (Å²) in [6.45, 7) is 0. The molecule has 17 heavy (non-hydrogen) atoms. The van der Waals surface area contributed by atoms with Gasteiger partial charge in [-0.1, -0.05) is 24.3 Å². The van der Waals surface area contributed by atoms with Crippen molar-refractivity contribution in [3.8, 4) is 0 Å². The van der Waals surface area contributed by atoms with Gasteiger partial charge in [0.1, 0.15) is 0 Å². The van der Waals surface area contributed by atoms with Gasteiger partial charge in [0.2, 0.25) is 0 Å². The smallest absolute Gasteiger partial charge is 0.178 e. The molecule has 0 amide bonds. The van der Waals surface area contributed by atoms with Crippen molar-refractivity contribution in [2.45, 2.75) is 0 Å². The van der Waals surface area contributed by atoms with Crippen LogP contribution in [0.2, 0.25) is 0 Å². The summed E-state index contributed by atoms with van der Waals surface area (Å²) in [5.41, 5.74) is 1.06. The highest BCUT2D eigenvalue weighted by Gasteiger charge is 1.86. The molecule has 2 heterocycles. The molecule has 4 heteroatoms. The minimum Gasteiger partial charge on any atom is -0.295 e. The van der Waals surface area contributed by atoms with Gasteiger partial charge in [-0.25, -0.2) is 4.98 Å². The van der Waals surface area contributed by atoms with Gasteiger partial charge in [-0.05, 0) is 12.1 Å². The lowest BCUT2D eigenvalue weighted by Gasteiger charge is -1.91. The fourth-order valence-corrected chi connectivity index (χ4v) is 1.75. The van der Waals surface area contributed by atoms with Gasteiger partial charge in [-0.3, -0.25) is 9.78 Å². The summed E-state index contributed by atoms with van der Waals surface area (Å²) in [5, 5.41) is 3.51. The van der Waals surface area contributed by atoms with E-state index in [9.17, 15) is 4.79 Å². The fourth-order valence-electron chi connectivity index (χ4n) is 1.31. The van der Waals surface area contributed by atoms with Gasteiger partial charge in [0.15, 0.2) is 11.3 Å². The largest absolute Gasteiger partial charge is 0.295 e. The third-order valence-corrected chi connectivity index (χ3v) is 2.77. The number of rotatable bonds is 1. The Labute approximate surface area is 103 Å². The number of hydrogen-bond donors (Lipinski definition) is 0. The molecule has 0 aliphatic rings. The molecular weight excluding hydrogens is 232 g/mol. The van der Waals surface area contributed by atoms with Crippen molar-refractivity contribution < 1.29 is 4.79 Å². The number of aromatic nitrogens is 2. The number of carbonyl (C=O) groups excluding carboxylic acids is 1. The highest BCUT2D eigenvalue weighted by molar-refractivity contribution is 7.11. The fraction of sp³-hybridized carbons (Fsp3) is 0. The first-order valence-corrected chi connectivity index (χ1v) is 5.92. The van der Waals surface area contributed by atoms with Crippen molar-refractivity contribution in [1.82, 2.24) is 9.97 Å². The lowest BCUT2D eigenvalue weighted by molar-refractivity contribution is 0.112. The molecule has 0 bridgehead atoms. The molecule has 0 atom stereocenters. The molecule has 0 spiro atoms. The number of pyridine rings is 1. The van der Waals surface area contributed by atoms with Crippen molar-refractivity contribution in [2.24, 2.45) is 0 Å². The SMILES string of the molecule is O=Cc1nccs1.c1ccc2ncccc2c1. The Balaban J connectivity index is 0.000000136. The van der Waals surface area contributed by atoms with Crippen LogP contribution in [0.15, 0.2) is 54.2 Å². The molecule has 0 radical (unpaired) electrons. The van der Waals surface area contributed by atoms with Crippen LogP contribution in [-0.4, -0.2) is 16.3 Å². The Morgan fingerprint density at radius 1 is 1.00 bits per heavy atom. The molecule has 0 saturated carbocycles. The van der Waals surface area contributed by atoms with E-state index in [1.165, 1.54) is 16.7 Å². The number of para-hydroxylation sites is 1. The molecule has 3 rings (SSSR count). The van der Waals surface area contributed by atoms with Crippen LogP contribution in [0.25, 0.3) is 10.9 Å². The van der Waals surface area contributed by atoms with Crippen molar-refractivity contribution >= 4 is 28.5 Å². The maximum absolute atomic E-state index is 9.82. The number of nitrogens with zero attached hydrogens (tertiary/aromatic N) is 2. The lowest BCUT2D eigenvalue weighted by Crippen LogP contribution is -1.73. The van der Waals surface area contributed by atoms with Gasteiger partial charge in [0.05, 0.1) is 5.52 Å². The van der Waals surface area contributed by atoms with Crippen LogP contribution in [0.5, 0.6) is 0 Å². The molecule has 0 unspecified atom stereocenters. The average Bonchev–Trinajstić information content (AvgIpc) is 2.93. The summed E-state index contributed by atoms with van der Waals surface area (Å²) in [6, 6.07) is 12.1. The Bertz CT molecular complexity index is 528. The van der Waals surface area contributed by atoms with Crippen LogP contribution >= 0.6 is 11.3 Å². The number of fused-ring (bicyclic) bond motifs is 1. The van der Waals surface area contributed by atoms with E-state index >= 15 is 0 Å². The van der Waals surface area contributed by atoms with Crippen LogP contribution in [0.4, 0.5) is 0 Å². The molecule has 0 saturated heterocycles. The van der Waals surface area contributed by atoms with E-state index in [0.717, 1.165) is 11.8 Å². The maximum atomic E-state index is 9.82. The van der Waals surface area contributed by atoms with Crippen molar-refractivity contribution in [1.29, 1.82) is 0 Å². The van der Waals surface area contributed by atoms with Gasteiger partial charge in [0.25, 0.3) is 0 Å². The van der Waals surface area contributed by atoms with Crippen molar-refractivity contribution in [2.75, 3.05) is 0 Å². The monoisotopic (exact) mass is 242 g/mol. The molecule has 2 aromatic heterocycles. The standard InChI is InChI=1S/C9H7N.C4H3NOS/c1-2-6-9-8(4-1)5-3-7-10-9;6-3-4-5-1-2-7-4/h1-7H;1-3H. The Morgan fingerprint density at radius 2 is 1.82 bits per heavy atom. The molecule has 0 aliphatic heterocycles. The summed E-state index contributed by atoms with van der Waals surface area (Å²) >= 11 is 1.34. The Kier molecular flexibility index (Phi) is 3.94. The Morgan fingerprint density at radius 3 is 2.47 bits per heavy atom. The molecule has 84 valence electrons. The van der Waals surface area contributed by atoms with Crippen LogP contribution in [0, 0.1) is 0 Å². The number of aldehydes is 1. The molecule has 1 aromatic carbocycles. The van der Waals surface area contributed by atoms with Crippen LogP contribution in [0.1, 0.15) is 9.80 Å². The summed E-state index contributed by atoms with van der Waals surface area (Å²) < 4.78 is 0. The summed E-state index contributed by atoms with van der Waals surface area (Å²) in [5.74, 6) is 0. The third kappa shape index (κ3) is 3.19. The zero-order valence-corrected chi connectivity index (χ0v) is 9.80. The summed E-state index contributed by atoms with van der Waals surface area (Å²) in [7, 11) is 0. The predicted molar refractivity (Wildman–Crippen MR) is 69.2 cm³/mol. The Hall–Kier alpha value is -2.07. The van der Waals surface area contributed by atoms with E-state index in [2.05, 4.69) is 22.1 Å². The number of hydrogen-bond acceptors (Lipinski definition) is 4. The molecular formula is C13H10N2OS. The predicted octanol–water partition coefficient (Wildman–Crippen LogP) is 3.19. The van der Waals surface area contributed by atoms with Gasteiger partial charge in [-0.15, -0.1) is 11.3 Å². The summed E-state index contributed by atoms with van der Waals surface area (Å²) in [6.07, 6.45) is 4.15. The molecule has 0 aliphatic carbocycles. The quantitative estimate of drug-likeness (QED) is 0.615. The van der Waals surface area contributed by atoms with Crippen molar-refractivity contribution in [3.63, 3.8) is 0 Å². The van der Waals surface area contributed by atoms with Crippen LogP contribution in [-0.2, 0) is 0 Å². The second-order valence-electron chi connectivity index (χ2n) is 3.18. The van der Waals surface area contributed by atoms with Crippen LogP contribution < -0.4 is 0 Å². The number of thiazole rings is 1. The second kappa shape index (κ2) is 5.86. The van der Waals surface area contributed by atoms with Gasteiger partial charge >= 0.3 is 0 Å². The zero-order chi connectivity index (χ0) is 11.9. The van der Waals surface area contributed by atoms with E-state index in [4.69, 9.17) is 0 Å². The molecule has 0 fully saturated rings. The first kappa shape index (κ1) is 11.4. The van der Waals surface area contributed by atoms with Crippen molar-refractivity contribution in [3.05, 3.63) is 59.2 Å². The first-order valence-electron chi connectivity index (χ1n) is 5.04. The normalized spacial score (nSPS) is 9.41. The molecule has 0 N–H and O–H groups in total. The zero-order valence-electron chi connectivity index (χ0n) is 8.98. The topological polar surface area (TPSA) is 42.9 Å². The van der Waals surface area contributed by atoms with E-state index in [0.29, 0.717) is 5.01 Å². The minimum absolute atomic E-state index is 0.542. The van der Waals surface area contributed by atoms with Gasteiger partial charge in [0, 0.05) is 23.2 Å². The lowest BCUT2D eigenvalue weighted by atomic mass is 10.2. The number of benzene rings is 1. The molecule has 3 nitrogen and oxygen atoms in total. The van der Waals surface area contributed by atoms with Gasteiger partial charge < -0.3 is 0 Å². The van der Waals surface area contributed by atoms with Crippen LogP contribution in [0.3, 0.4) is 0 Å². The maximum Gasteiger partial charge on any atom is 0.178 e. The van der Waals surface area contributed by atoms with E-state index in [1.54, 1.807) is 11.6 Å². The van der Waals surface area contributed by atoms with E-state index in [1.807, 2.05) is 30.5 Å². The minimum atomic E-state index is 0.542. The first-order chi connectivity index (χ1) is 8.40. The van der Waals surface area contributed by atoms with E-state index in [-0.39, 0.29) is 0 Å². The molecule has 3 aromatic rings. The average molecular weight is 242 g/mol. The third-order valence-electron chi connectivity index (χ3n) is 2.06. The highest BCUT2D eigenvalue weighted by atomic mass is 32.1.